The Hall–Kier alpha value is -1.03. The predicted molar refractivity (Wildman–Crippen MR) is 70.4 cm³/mol. The molecule has 1 heterocycles. The lowest BCUT2D eigenvalue weighted by Crippen LogP contribution is -2.12. The smallest absolute Gasteiger partial charge is 0.0595 e. The second-order valence-corrected chi connectivity index (χ2v) is 4.77. The minimum Gasteiger partial charge on any atom is -0.320 e. The lowest BCUT2D eigenvalue weighted by Gasteiger charge is -2.12. The third-order valence-electron chi connectivity index (χ3n) is 2.91. The standard InChI is InChI=1S/C12H13Cl2N3/c1-7-9(6-16-17(7)2)12(15)8-3-4-10(13)11(14)5-8/h3-6,12H,15H2,1-2H3. The van der Waals surface area contributed by atoms with Gasteiger partial charge in [-0.15, -0.1) is 0 Å². The van der Waals surface area contributed by atoms with E-state index in [4.69, 9.17) is 28.9 Å². The van der Waals surface area contributed by atoms with E-state index in [0.717, 1.165) is 16.8 Å². The van der Waals surface area contributed by atoms with Crippen molar-refractivity contribution in [1.29, 1.82) is 0 Å². The van der Waals surface area contributed by atoms with Gasteiger partial charge in [0, 0.05) is 18.3 Å². The van der Waals surface area contributed by atoms with Crippen LogP contribution in [0.2, 0.25) is 10.0 Å². The Bertz CT molecular complexity index is 549. The van der Waals surface area contributed by atoms with Gasteiger partial charge in [-0.1, -0.05) is 29.3 Å². The topological polar surface area (TPSA) is 43.8 Å². The highest BCUT2D eigenvalue weighted by Crippen LogP contribution is 2.28. The highest BCUT2D eigenvalue weighted by molar-refractivity contribution is 6.42. The molecule has 0 amide bonds. The molecule has 0 aliphatic carbocycles. The maximum atomic E-state index is 6.19. The van der Waals surface area contributed by atoms with Crippen LogP contribution in [-0.4, -0.2) is 9.78 Å². The molecule has 2 rings (SSSR count). The number of hydrogen-bond donors (Lipinski definition) is 1. The first kappa shape index (κ1) is 12.4. The van der Waals surface area contributed by atoms with Gasteiger partial charge in [0.2, 0.25) is 0 Å². The summed E-state index contributed by atoms with van der Waals surface area (Å²) in [6.45, 7) is 1.99. The first-order valence-corrected chi connectivity index (χ1v) is 5.95. The SMILES string of the molecule is Cc1c(C(N)c2ccc(Cl)c(Cl)c2)cnn1C. The van der Waals surface area contributed by atoms with E-state index >= 15 is 0 Å². The molecule has 0 saturated heterocycles. The Morgan fingerprint density at radius 1 is 1.29 bits per heavy atom. The molecule has 0 aliphatic rings. The van der Waals surface area contributed by atoms with Crippen LogP contribution in [0.4, 0.5) is 0 Å². The van der Waals surface area contributed by atoms with Crippen molar-refractivity contribution in [1.82, 2.24) is 9.78 Å². The van der Waals surface area contributed by atoms with Crippen LogP contribution >= 0.6 is 23.2 Å². The molecule has 17 heavy (non-hydrogen) atoms. The average Bonchev–Trinajstić information content (AvgIpc) is 2.63. The minimum absolute atomic E-state index is 0.238. The fraction of sp³-hybridized carbons (Fsp3) is 0.250. The van der Waals surface area contributed by atoms with Crippen molar-refractivity contribution >= 4 is 23.2 Å². The van der Waals surface area contributed by atoms with Gasteiger partial charge in [0.25, 0.3) is 0 Å². The van der Waals surface area contributed by atoms with Crippen molar-refractivity contribution in [2.75, 3.05) is 0 Å². The molecule has 1 atom stereocenters. The number of nitrogens with zero attached hydrogens (tertiary/aromatic N) is 2. The van der Waals surface area contributed by atoms with E-state index in [9.17, 15) is 0 Å². The van der Waals surface area contributed by atoms with Crippen LogP contribution < -0.4 is 5.73 Å². The van der Waals surface area contributed by atoms with E-state index in [1.54, 1.807) is 23.0 Å². The zero-order valence-electron chi connectivity index (χ0n) is 9.61. The number of aromatic nitrogens is 2. The highest BCUT2D eigenvalue weighted by Gasteiger charge is 2.15. The first-order chi connectivity index (χ1) is 8.00. The maximum absolute atomic E-state index is 6.19. The van der Waals surface area contributed by atoms with Gasteiger partial charge >= 0.3 is 0 Å². The molecule has 1 unspecified atom stereocenters. The highest BCUT2D eigenvalue weighted by atomic mass is 35.5. The van der Waals surface area contributed by atoms with Gasteiger partial charge in [0.05, 0.1) is 22.3 Å². The predicted octanol–water partition coefficient (Wildman–Crippen LogP) is 3.08. The van der Waals surface area contributed by atoms with Crippen molar-refractivity contribution in [3.63, 3.8) is 0 Å². The molecule has 90 valence electrons. The summed E-state index contributed by atoms with van der Waals surface area (Å²) in [4.78, 5) is 0. The van der Waals surface area contributed by atoms with Gasteiger partial charge < -0.3 is 5.73 Å². The third kappa shape index (κ3) is 2.32. The minimum atomic E-state index is -0.238. The summed E-state index contributed by atoms with van der Waals surface area (Å²) in [7, 11) is 1.89. The number of halogens is 2. The number of nitrogens with two attached hydrogens (primary N) is 1. The van der Waals surface area contributed by atoms with E-state index in [1.165, 1.54) is 0 Å². The Morgan fingerprint density at radius 3 is 2.53 bits per heavy atom. The number of rotatable bonds is 2. The van der Waals surface area contributed by atoms with Crippen LogP contribution in [0.3, 0.4) is 0 Å². The summed E-state index contributed by atoms with van der Waals surface area (Å²) in [5, 5.41) is 5.23. The second-order valence-electron chi connectivity index (χ2n) is 3.96. The summed E-state index contributed by atoms with van der Waals surface area (Å²) in [5.41, 5.74) is 9.16. The van der Waals surface area contributed by atoms with Crippen LogP contribution in [0.1, 0.15) is 22.9 Å². The van der Waals surface area contributed by atoms with E-state index in [0.29, 0.717) is 10.0 Å². The molecule has 0 saturated carbocycles. The van der Waals surface area contributed by atoms with E-state index in [-0.39, 0.29) is 6.04 Å². The van der Waals surface area contributed by atoms with Crippen molar-refractivity contribution < 1.29 is 0 Å². The fourth-order valence-electron chi connectivity index (χ4n) is 1.71. The molecule has 0 radical (unpaired) electrons. The normalized spacial score (nSPS) is 12.8. The third-order valence-corrected chi connectivity index (χ3v) is 3.65. The molecule has 0 spiro atoms. The zero-order chi connectivity index (χ0) is 12.6. The Labute approximate surface area is 110 Å². The molecule has 2 aromatic rings. The monoisotopic (exact) mass is 269 g/mol. The van der Waals surface area contributed by atoms with Crippen LogP contribution in [0.15, 0.2) is 24.4 Å². The molecular formula is C12H13Cl2N3. The molecule has 3 nitrogen and oxygen atoms in total. The molecular weight excluding hydrogens is 257 g/mol. The largest absolute Gasteiger partial charge is 0.320 e. The van der Waals surface area contributed by atoms with Gasteiger partial charge in [0.1, 0.15) is 0 Å². The Morgan fingerprint density at radius 2 is 2.00 bits per heavy atom. The molecule has 0 fully saturated rings. The van der Waals surface area contributed by atoms with Gasteiger partial charge in [-0.3, -0.25) is 4.68 Å². The quantitative estimate of drug-likeness (QED) is 0.911. The summed E-state index contributed by atoms with van der Waals surface area (Å²) in [6.07, 6.45) is 1.78. The Kier molecular flexibility index (Phi) is 3.43. The lowest BCUT2D eigenvalue weighted by molar-refractivity contribution is 0.734. The number of benzene rings is 1. The van der Waals surface area contributed by atoms with Crippen molar-refractivity contribution in [3.8, 4) is 0 Å². The molecule has 0 aliphatic heterocycles. The van der Waals surface area contributed by atoms with Gasteiger partial charge in [-0.25, -0.2) is 0 Å². The van der Waals surface area contributed by atoms with Gasteiger partial charge in [0.15, 0.2) is 0 Å². The molecule has 2 N–H and O–H groups in total. The van der Waals surface area contributed by atoms with Crippen LogP contribution in [0.5, 0.6) is 0 Å². The fourth-order valence-corrected chi connectivity index (χ4v) is 2.01. The van der Waals surface area contributed by atoms with Crippen LogP contribution in [0.25, 0.3) is 0 Å². The zero-order valence-corrected chi connectivity index (χ0v) is 11.1. The number of hydrogen-bond acceptors (Lipinski definition) is 2. The van der Waals surface area contributed by atoms with Gasteiger partial charge in [-0.2, -0.15) is 5.10 Å². The molecule has 0 bridgehead atoms. The van der Waals surface area contributed by atoms with Crippen LogP contribution in [0, 0.1) is 6.92 Å². The lowest BCUT2D eigenvalue weighted by atomic mass is 10.0. The maximum Gasteiger partial charge on any atom is 0.0595 e. The van der Waals surface area contributed by atoms with E-state index < -0.39 is 0 Å². The average molecular weight is 270 g/mol. The van der Waals surface area contributed by atoms with Gasteiger partial charge in [-0.05, 0) is 24.6 Å². The van der Waals surface area contributed by atoms with E-state index in [2.05, 4.69) is 5.10 Å². The van der Waals surface area contributed by atoms with Crippen LogP contribution in [-0.2, 0) is 7.05 Å². The molecule has 1 aromatic heterocycles. The number of aryl methyl sites for hydroxylation is 1. The summed E-state index contributed by atoms with van der Waals surface area (Å²) >= 11 is 11.9. The van der Waals surface area contributed by atoms with E-state index in [1.807, 2.05) is 20.0 Å². The Balaban J connectivity index is 2.40. The summed E-state index contributed by atoms with van der Waals surface area (Å²) in [6, 6.07) is 5.19. The molecule has 1 aromatic carbocycles. The first-order valence-electron chi connectivity index (χ1n) is 5.19. The summed E-state index contributed by atoms with van der Waals surface area (Å²) < 4.78 is 1.80. The van der Waals surface area contributed by atoms with Crippen molar-refractivity contribution in [2.45, 2.75) is 13.0 Å². The summed E-state index contributed by atoms with van der Waals surface area (Å²) in [5.74, 6) is 0. The second kappa shape index (κ2) is 4.69. The van der Waals surface area contributed by atoms with Crippen molar-refractivity contribution in [3.05, 3.63) is 51.3 Å². The van der Waals surface area contributed by atoms with Crippen molar-refractivity contribution in [2.24, 2.45) is 12.8 Å². The molecule has 5 heteroatoms.